The number of nitrogens with two attached hydrogens (primary N) is 1. The number of carbonyl (C=O) groups is 1. The Hall–Kier alpha value is -0.570. The van der Waals surface area contributed by atoms with E-state index >= 15 is 0 Å². The molecule has 0 fully saturated rings. The van der Waals surface area contributed by atoms with Crippen molar-refractivity contribution in [3.8, 4) is 0 Å². The highest BCUT2D eigenvalue weighted by molar-refractivity contribution is 5.77. The van der Waals surface area contributed by atoms with Crippen LogP contribution >= 0.6 is 0 Å². The molecule has 2 N–H and O–H groups in total. The predicted octanol–water partition coefficient (Wildman–Crippen LogP) is 1.76. The van der Waals surface area contributed by atoms with E-state index in [0.717, 1.165) is 12.8 Å². The molecule has 0 spiro atoms. The van der Waals surface area contributed by atoms with Crippen molar-refractivity contribution >= 4 is 5.91 Å². The lowest BCUT2D eigenvalue weighted by molar-refractivity contribution is -0.135. The second-order valence-corrected chi connectivity index (χ2v) is 4.49. The summed E-state index contributed by atoms with van der Waals surface area (Å²) in [5, 5.41) is 0. The summed E-state index contributed by atoms with van der Waals surface area (Å²) in [5.41, 5.74) is 5.68. The van der Waals surface area contributed by atoms with Gasteiger partial charge in [-0.15, -0.1) is 0 Å². The van der Waals surface area contributed by atoms with Crippen molar-refractivity contribution in [3.63, 3.8) is 0 Å². The van der Waals surface area contributed by atoms with Crippen molar-refractivity contribution in [1.29, 1.82) is 0 Å². The fourth-order valence-corrected chi connectivity index (χ4v) is 1.08. The molecule has 0 rings (SSSR count). The minimum absolute atomic E-state index is 0.00222. The normalized spacial score (nSPS) is 13.9. The van der Waals surface area contributed by atoms with Crippen LogP contribution in [0, 0.1) is 0 Å². The minimum Gasteiger partial charge on any atom is -0.341 e. The molecule has 0 bridgehead atoms. The molecule has 0 aromatic heterocycles. The first-order valence-corrected chi connectivity index (χ1v) is 5.37. The first-order chi connectivity index (χ1) is 6.35. The summed E-state index contributed by atoms with van der Waals surface area (Å²) in [7, 11) is 1.86. The van der Waals surface area contributed by atoms with Crippen LogP contribution in [0.25, 0.3) is 0 Å². The van der Waals surface area contributed by atoms with E-state index in [1.54, 1.807) is 0 Å². The van der Waals surface area contributed by atoms with Gasteiger partial charge in [-0.05, 0) is 26.7 Å². The van der Waals surface area contributed by atoms with Gasteiger partial charge in [0.2, 0.25) is 5.91 Å². The maximum absolute atomic E-state index is 11.8. The Bertz CT molecular complexity index is 190. The lowest BCUT2D eigenvalue weighted by Crippen LogP contribution is -2.46. The summed E-state index contributed by atoms with van der Waals surface area (Å²) in [4.78, 5) is 13.6. The second kappa shape index (κ2) is 5.35. The third kappa shape index (κ3) is 3.66. The number of rotatable bonds is 5. The summed E-state index contributed by atoms with van der Waals surface area (Å²) in [5.74, 6) is 0.145. The molecule has 3 heteroatoms. The number of amides is 1. The standard InChI is InChI=1S/C11H24N2O/c1-6-9(12)8-10(14)13(5)11(3,4)7-2/h9H,6-8,12H2,1-5H3. The second-order valence-electron chi connectivity index (χ2n) is 4.49. The summed E-state index contributed by atoms with van der Waals surface area (Å²) >= 11 is 0. The van der Waals surface area contributed by atoms with Gasteiger partial charge in [0.1, 0.15) is 0 Å². The maximum atomic E-state index is 11.8. The molecule has 1 unspecified atom stereocenters. The molecule has 0 aliphatic heterocycles. The van der Waals surface area contributed by atoms with Gasteiger partial charge < -0.3 is 10.6 Å². The summed E-state index contributed by atoms with van der Waals surface area (Å²) < 4.78 is 0. The van der Waals surface area contributed by atoms with Gasteiger partial charge >= 0.3 is 0 Å². The van der Waals surface area contributed by atoms with Gasteiger partial charge in [0.25, 0.3) is 0 Å². The Morgan fingerprint density at radius 1 is 1.43 bits per heavy atom. The van der Waals surface area contributed by atoms with E-state index in [0.29, 0.717) is 6.42 Å². The molecule has 14 heavy (non-hydrogen) atoms. The average Bonchev–Trinajstić information content (AvgIpc) is 2.16. The van der Waals surface area contributed by atoms with E-state index in [2.05, 4.69) is 20.8 Å². The first kappa shape index (κ1) is 13.4. The van der Waals surface area contributed by atoms with Gasteiger partial charge in [0.05, 0.1) is 0 Å². The minimum atomic E-state index is -0.0649. The zero-order valence-electron chi connectivity index (χ0n) is 10.1. The summed E-state index contributed by atoms with van der Waals surface area (Å²) in [6, 6.07) is -0.00222. The zero-order chi connectivity index (χ0) is 11.4. The monoisotopic (exact) mass is 200 g/mol. The van der Waals surface area contributed by atoms with Gasteiger partial charge in [-0.1, -0.05) is 13.8 Å². The van der Waals surface area contributed by atoms with Crippen LogP contribution in [-0.4, -0.2) is 29.4 Å². The van der Waals surface area contributed by atoms with Gasteiger partial charge in [-0.25, -0.2) is 0 Å². The molecule has 0 aliphatic carbocycles. The fourth-order valence-electron chi connectivity index (χ4n) is 1.08. The molecular formula is C11H24N2O. The van der Waals surface area contributed by atoms with Crippen molar-refractivity contribution in [2.45, 2.75) is 58.5 Å². The van der Waals surface area contributed by atoms with Crippen molar-refractivity contribution < 1.29 is 4.79 Å². The van der Waals surface area contributed by atoms with E-state index in [-0.39, 0.29) is 17.5 Å². The largest absolute Gasteiger partial charge is 0.341 e. The molecule has 0 aromatic carbocycles. The molecular weight excluding hydrogens is 176 g/mol. The molecule has 0 aliphatic rings. The number of hydrogen-bond acceptors (Lipinski definition) is 2. The quantitative estimate of drug-likeness (QED) is 0.735. The van der Waals surface area contributed by atoms with Crippen molar-refractivity contribution in [3.05, 3.63) is 0 Å². The van der Waals surface area contributed by atoms with E-state index < -0.39 is 0 Å². The smallest absolute Gasteiger partial charge is 0.224 e. The van der Waals surface area contributed by atoms with Crippen LogP contribution in [0.3, 0.4) is 0 Å². The topological polar surface area (TPSA) is 46.3 Å². The third-order valence-corrected chi connectivity index (χ3v) is 3.11. The Kier molecular flexibility index (Phi) is 5.13. The summed E-state index contributed by atoms with van der Waals surface area (Å²) in [6.45, 7) is 8.23. The zero-order valence-corrected chi connectivity index (χ0v) is 10.1. The molecule has 0 aromatic rings. The van der Waals surface area contributed by atoms with E-state index in [1.165, 1.54) is 0 Å². The molecule has 0 saturated carbocycles. The average molecular weight is 200 g/mol. The molecule has 3 nitrogen and oxygen atoms in total. The Balaban J connectivity index is 4.25. The van der Waals surface area contributed by atoms with E-state index in [1.807, 2.05) is 18.9 Å². The van der Waals surface area contributed by atoms with Crippen LogP contribution in [0.2, 0.25) is 0 Å². The highest BCUT2D eigenvalue weighted by Crippen LogP contribution is 2.17. The van der Waals surface area contributed by atoms with E-state index in [9.17, 15) is 4.79 Å². The van der Waals surface area contributed by atoms with Crippen molar-refractivity contribution in [2.75, 3.05) is 7.05 Å². The maximum Gasteiger partial charge on any atom is 0.224 e. The van der Waals surface area contributed by atoms with Gasteiger partial charge in [0, 0.05) is 25.0 Å². The molecule has 84 valence electrons. The lowest BCUT2D eigenvalue weighted by atomic mass is 9.99. The SMILES string of the molecule is CCC(N)CC(=O)N(C)C(C)(C)CC. The van der Waals surface area contributed by atoms with Gasteiger partial charge in [-0.2, -0.15) is 0 Å². The van der Waals surface area contributed by atoms with Crippen LogP contribution in [0.1, 0.15) is 47.0 Å². The highest BCUT2D eigenvalue weighted by atomic mass is 16.2. The molecule has 0 saturated heterocycles. The highest BCUT2D eigenvalue weighted by Gasteiger charge is 2.25. The van der Waals surface area contributed by atoms with Crippen LogP contribution < -0.4 is 5.73 Å². The predicted molar refractivity (Wildman–Crippen MR) is 60.0 cm³/mol. The molecule has 1 atom stereocenters. The van der Waals surface area contributed by atoms with Crippen molar-refractivity contribution in [2.24, 2.45) is 5.73 Å². The third-order valence-electron chi connectivity index (χ3n) is 3.11. The molecule has 0 radical (unpaired) electrons. The first-order valence-electron chi connectivity index (χ1n) is 5.37. The summed E-state index contributed by atoms with van der Waals surface area (Å²) in [6.07, 6.45) is 2.26. The number of nitrogens with zero attached hydrogens (tertiary/aromatic N) is 1. The Morgan fingerprint density at radius 2 is 1.93 bits per heavy atom. The van der Waals surface area contributed by atoms with Crippen LogP contribution in [0.15, 0.2) is 0 Å². The van der Waals surface area contributed by atoms with Crippen LogP contribution in [0.4, 0.5) is 0 Å². The van der Waals surface area contributed by atoms with Gasteiger partial charge in [0.15, 0.2) is 0 Å². The van der Waals surface area contributed by atoms with Gasteiger partial charge in [-0.3, -0.25) is 4.79 Å². The Morgan fingerprint density at radius 3 is 2.29 bits per heavy atom. The number of carbonyl (C=O) groups excluding carboxylic acids is 1. The fraction of sp³-hybridized carbons (Fsp3) is 0.909. The Labute approximate surface area is 87.6 Å². The van der Waals surface area contributed by atoms with Crippen molar-refractivity contribution in [1.82, 2.24) is 4.90 Å². The molecule has 1 amide bonds. The molecule has 0 heterocycles. The van der Waals surface area contributed by atoms with E-state index in [4.69, 9.17) is 5.73 Å². The van der Waals surface area contributed by atoms with Crippen LogP contribution in [-0.2, 0) is 4.79 Å². The lowest BCUT2D eigenvalue weighted by Gasteiger charge is -2.35. The number of hydrogen-bond donors (Lipinski definition) is 1. The van der Waals surface area contributed by atoms with Crippen LogP contribution in [0.5, 0.6) is 0 Å².